The van der Waals surface area contributed by atoms with Gasteiger partial charge in [-0.3, -0.25) is 0 Å². The Bertz CT molecular complexity index is 819. The molecule has 4 rings (SSSR count). The van der Waals surface area contributed by atoms with Gasteiger partial charge in [0.25, 0.3) is 0 Å². The van der Waals surface area contributed by atoms with Crippen LogP contribution in [-0.2, 0) is 5.54 Å². The van der Waals surface area contributed by atoms with E-state index in [0.717, 1.165) is 37.1 Å². The van der Waals surface area contributed by atoms with E-state index in [1.165, 1.54) is 44.3 Å². The number of tetrazole rings is 1. The van der Waals surface area contributed by atoms with Crippen molar-refractivity contribution in [3.63, 3.8) is 0 Å². The number of piperazine rings is 1. The highest BCUT2D eigenvalue weighted by Gasteiger charge is 2.39. The quantitative estimate of drug-likeness (QED) is 0.659. The SMILES string of the molecule is CCOc1ccc([C@H](c2nnnn2C(C)(C)CC)[NH+]2CC[NH+](C3CCCC3)CC2)cc1. The van der Waals surface area contributed by atoms with Gasteiger partial charge in [-0.1, -0.05) is 6.92 Å². The Labute approximate surface area is 186 Å². The molecule has 1 saturated carbocycles. The third-order valence-corrected chi connectivity index (χ3v) is 7.59. The first-order valence-electron chi connectivity index (χ1n) is 12.2. The molecule has 0 spiro atoms. The van der Waals surface area contributed by atoms with E-state index in [9.17, 15) is 0 Å². The summed E-state index contributed by atoms with van der Waals surface area (Å²) in [6.07, 6.45) is 6.64. The van der Waals surface area contributed by atoms with Crippen LogP contribution in [0.3, 0.4) is 0 Å². The van der Waals surface area contributed by atoms with Crippen molar-refractivity contribution in [1.29, 1.82) is 0 Å². The van der Waals surface area contributed by atoms with Crippen LogP contribution in [0.1, 0.15) is 77.2 Å². The molecule has 170 valence electrons. The number of quaternary nitrogens is 2. The molecule has 1 atom stereocenters. The first-order chi connectivity index (χ1) is 15.0. The van der Waals surface area contributed by atoms with E-state index in [1.807, 2.05) is 11.8 Å². The van der Waals surface area contributed by atoms with Gasteiger partial charge >= 0.3 is 0 Å². The third kappa shape index (κ3) is 4.77. The van der Waals surface area contributed by atoms with E-state index >= 15 is 0 Å². The summed E-state index contributed by atoms with van der Waals surface area (Å²) in [5, 5.41) is 13.1. The van der Waals surface area contributed by atoms with Crippen molar-refractivity contribution >= 4 is 0 Å². The van der Waals surface area contributed by atoms with Crippen LogP contribution in [0.5, 0.6) is 5.75 Å². The van der Waals surface area contributed by atoms with E-state index in [0.29, 0.717) is 6.61 Å². The lowest BCUT2D eigenvalue weighted by molar-refractivity contribution is -1.03. The number of aromatic nitrogens is 4. The Morgan fingerprint density at radius 2 is 1.74 bits per heavy atom. The minimum atomic E-state index is -0.112. The van der Waals surface area contributed by atoms with E-state index < -0.39 is 0 Å². The summed E-state index contributed by atoms with van der Waals surface area (Å²) in [6.45, 7) is 14.1. The standard InChI is InChI=1S/C24H38N6O/c1-5-24(3,4)30-23(25-26-27-30)22(19-11-13-21(14-12-19)31-6-2)29-17-15-28(16-18-29)20-9-7-8-10-20/h11-14,20,22H,5-10,15-18H2,1-4H3/p+2/t22-/m1/s1. The summed E-state index contributed by atoms with van der Waals surface area (Å²) >= 11 is 0. The predicted octanol–water partition coefficient (Wildman–Crippen LogP) is 1.03. The largest absolute Gasteiger partial charge is 0.494 e. The zero-order valence-electron chi connectivity index (χ0n) is 19.7. The Hall–Kier alpha value is -1.99. The van der Waals surface area contributed by atoms with Crippen LogP contribution in [-0.4, -0.2) is 59.0 Å². The molecule has 0 radical (unpaired) electrons. The molecule has 2 fully saturated rings. The fourth-order valence-corrected chi connectivity index (χ4v) is 5.37. The molecule has 0 bridgehead atoms. The number of nitrogens with zero attached hydrogens (tertiary/aromatic N) is 4. The molecule has 1 aliphatic carbocycles. The summed E-state index contributed by atoms with van der Waals surface area (Å²) in [6, 6.07) is 9.61. The molecule has 1 aromatic heterocycles. The van der Waals surface area contributed by atoms with Crippen molar-refractivity contribution in [2.24, 2.45) is 0 Å². The maximum Gasteiger partial charge on any atom is 0.214 e. The number of ether oxygens (including phenoxy) is 1. The van der Waals surface area contributed by atoms with Crippen molar-refractivity contribution in [2.75, 3.05) is 32.8 Å². The monoisotopic (exact) mass is 428 g/mol. The summed E-state index contributed by atoms with van der Waals surface area (Å²) in [5.74, 6) is 1.90. The molecule has 1 saturated heterocycles. The van der Waals surface area contributed by atoms with Gasteiger partial charge in [-0.2, -0.15) is 0 Å². The molecule has 2 N–H and O–H groups in total. The summed E-state index contributed by atoms with van der Waals surface area (Å²) in [4.78, 5) is 3.40. The zero-order chi connectivity index (χ0) is 21.8. The van der Waals surface area contributed by atoms with Crippen LogP contribution < -0.4 is 14.5 Å². The van der Waals surface area contributed by atoms with E-state index in [2.05, 4.69) is 65.2 Å². The van der Waals surface area contributed by atoms with Crippen LogP contribution in [0, 0.1) is 0 Å². The summed E-state index contributed by atoms with van der Waals surface area (Å²) in [5.41, 5.74) is 1.16. The van der Waals surface area contributed by atoms with Gasteiger partial charge in [0.05, 0.1) is 18.2 Å². The number of hydrogen-bond acceptors (Lipinski definition) is 4. The second kappa shape index (κ2) is 9.65. The molecule has 7 nitrogen and oxygen atoms in total. The van der Waals surface area contributed by atoms with Crippen LogP contribution in [0.4, 0.5) is 0 Å². The average molecular weight is 429 g/mol. The molecule has 2 aliphatic rings. The van der Waals surface area contributed by atoms with Gasteiger partial charge in [-0.25, -0.2) is 4.68 Å². The molecular weight excluding hydrogens is 388 g/mol. The van der Waals surface area contributed by atoms with Gasteiger partial charge in [-0.15, -0.1) is 5.10 Å². The smallest absolute Gasteiger partial charge is 0.214 e. The molecule has 1 aromatic carbocycles. The molecule has 2 heterocycles. The van der Waals surface area contributed by atoms with Crippen molar-refractivity contribution in [2.45, 2.75) is 77.4 Å². The number of hydrogen-bond donors (Lipinski definition) is 2. The molecule has 0 amide bonds. The topological polar surface area (TPSA) is 61.7 Å². The Morgan fingerprint density at radius 1 is 1.06 bits per heavy atom. The molecule has 0 unspecified atom stereocenters. The number of nitrogens with one attached hydrogen (secondary N) is 2. The lowest BCUT2D eigenvalue weighted by Crippen LogP contribution is -3.29. The molecule has 2 aromatic rings. The van der Waals surface area contributed by atoms with Crippen LogP contribution >= 0.6 is 0 Å². The highest BCUT2D eigenvalue weighted by Crippen LogP contribution is 2.26. The molecule has 1 aliphatic heterocycles. The van der Waals surface area contributed by atoms with Crippen molar-refractivity contribution in [3.05, 3.63) is 35.7 Å². The predicted molar refractivity (Wildman–Crippen MR) is 121 cm³/mol. The first-order valence-corrected chi connectivity index (χ1v) is 12.2. The first kappa shape index (κ1) is 22.2. The van der Waals surface area contributed by atoms with Crippen molar-refractivity contribution < 1.29 is 14.5 Å². The Balaban J connectivity index is 1.62. The minimum Gasteiger partial charge on any atom is -0.494 e. The van der Waals surface area contributed by atoms with Gasteiger partial charge in [0.15, 0.2) is 6.04 Å². The highest BCUT2D eigenvalue weighted by atomic mass is 16.5. The van der Waals surface area contributed by atoms with Gasteiger partial charge in [0, 0.05) is 5.56 Å². The van der Waals surface area contributed by atoms with Crippen LogP contribution in [0.25, 0.3) is 0 Å². The maximum atomic E-state index is 5.69. The minimum absolute atomic E-state index is 0.112. The van der Waals surface area contributed by atoms with Gasteiger partial charge in [0.2, 0.25) is 5.82 Å². The summed E-state index contributed by atoms with van der Waals surface area (Å²) in [7, 11) is 0. The fourth-order valence-electron chi connectivity index (χ4n) is 5.37. The lowest BCUT2D eigenvalue weighted by Gasteiger charge is -2.37. The lowest BCUT2D eigenvalue weighted by atomic mass is 9.99. The third-order valence-electron chi connectivity index (χ3n) is 7.59. The van der Waals surface area contributed by atoms with Crippen molar-refractivity contribution in [1.82, 2.24) is 20.2 Å². The fraction of sp³-hybridized carbons (Fsp3) is 0.708. The Kier molecular flexibility index (Phi) is 6.92. The second-order valence-corrected chi connectivity index (χ2v) is 9.85. The van der Waals surface area contributed by atoms with Crippen LogP contribution in [0.2, 0.25) is 0 Å². The van der Waals surface area contributed by atoms with Gasteiger partial charge < -0.3 is 14.5 Å². The number of rotatable bonds is 8. The maximum absolute atomic E-state index is 5.69. The molecule has 31 heavy (non-hydrogen) atoms. The van der Waals surface area contributed by atoms with E-state index in [1.54, 1.807) is 4.90 Å². The second-order valence-electron chi connectivity index (χ2n) is 9.85. The van der Waals surface area contributed by atoms with Crippen molar-refractivity contribution in [3.8, 4) is 5.75 Å². The average Bonchev–Trinajstić information content (AvgIpc) is 3.49. The zero-order valence-corrected chi connectivity index (χ0v) is 19.7. The normalized spacial score (nSPS) is 23.7. The van der Waals surface area contributed by atoms with Crippen LogP contribution in [0.15, 0.2) is 24.3 Å². The summed E-state index contributed by atoms with van der Waals surface area (Å²) < 4.78 is 7.75. The number of benzene rings is 1. The van der Waals surface area contributed by atoms with Gasteiger partial charge in [0.1, 0.15) is 31.9 Å². The van der Waals surface area contributed by atoms with Gasteiger partial charge in [-0.05, 0) is 87.6 Å². The molecule has 7 heteroatoms. The Morgan fingerprint density at radius 3 is 2.35 bits per heavy atom. The van der Waals surface area contributed by atoms with E-state index in [4.69, 9.17) is 4.74 Å². The highest BCUT2D eigenvalue weighted by molar-refractivity contribution is 5.30. The van der Waals surface area contributed by atoms with E-state index in [-0.39, 0.29) is 11.6 Å². The molecular formula is C24H40N6O+2.